The Morgan fingerprint density at radius 1 is 1.35 bits per heavy atom. The monoisotopic (exact) mass is 282 g/mol. The van der Waals surface area contributed by atoms with Crippen molar-refractivity contribution in [3.05, 3.63) is 0 Å². The van der Waals surface area contributed by atoms with Crippen molar-refractivity contribution >= 4 is 23.9 Å². The minimum absolute atomic E-state index is 0.0548. The van der Waals surface area contributed by atoms with Gasteiger partial charge in [0, 0.05) is 27.2 Å². The van der Waals surface area contributed by atoms with Gasteiger partial charge in [-0.15, -0.1) is 0 Å². The molecule has 0 bridgehead atoms. The summed E-state index contributed by atoms with van der Waals surface area (Å²) in [6.45, 7) is 0.208. The van der Waals surface area contributed by atoms with Gasteiger partial charge in [0.05, 0.1) is 0 Å². The number of nitrogens with one attached hydrogen (secondary N) is 2. The molecule has 2 fully saturated rings. The standard InChI is InChI=1S/C12H18N4O4/c1-15(2)10(19)13-6-7-16-9(18)12(4-3-5-12)8(17)14-11(16)20/h3-7H2,1-2H3,(H,13,19)(H,14,17,20). The van der Waals surface area contributed by atoms with Gasteiger partial charge in [0.2, 0.25) is 11.8 Å². The van der Waals surface area contributed by atoms with Gasteiger partial charge in [0.1, 0.15) is 5.41 Å². The van der Waals surface area contributed by atoms with E-state index in [1.54, 1.807) is 14.1 Å². The number of barbiturate groups is 1. The van der Waals surface area contributed by atoms with Crippen molar-refractivity contribution in [2.24, 2.45) is 5.41 Å². The summed E-state index contributed by atoms with van der Waals surface area (Å²) in [5, 5.41) is 4.79. The average Bonchev–Trinajstić information content (AvgIpc) is 2.30. The Bertz CT molecular complexity index is 470. The molecule has 0 aromatic carbocycles. The zero-order chi connectivity index (χ0) is 14.9. The highest BCUT2D eigenvalue weighted by Crippen LogP contribution is 2.44. The molecule has 6 amide bonds. The Morgan fingerprint density at radius 2 is 2.00 bits per heavy atom. The zero-order valence-corrected chi connectivity index (χ0v) is 11.6. The Kier molecular flexibility index (Phi) is 3.65. The van der Waals surface area contributed by atoms with Gasteiger partial charge in [-0.3, -0.25) is 19.8 Å². The number of carbonyl (C=O) groups excluding carboxylic acids is 4. The maximum atomic E-state index is 12.3. The van der Waals surface area contributed by atoms with Crippen LogP contribution in [0.25, 0.3) is 0 Å². The first-order valence-electron chi connectivity index (χ1n) is 6.51. The fraction of sp³-hybridized carbons (Fsp3) is 0.667. The number of nitrogens with zero attached hydrogens (tertiary/aromatic N) is 2. The topological polar surface area (TPSA) is 98.8 Å². The number of urea groups is 2. The van der Waals surface area contributed by atoms with Gasteiger partial charge in [0.15, 0.2) is 0 Å². The second-order valence-corrected chi connectivity index (χ2v) is 5.28. The molecular formula is C12H18N4O4. The predicted molar refractivity (Wildman–Crippen MR) is 68.6 cm³/mol. The third-order valence-electron chi connectivity index (χ3n) is 3.78. The van der Waals surface area contributed by atoms with Crippen LogP contribution in [0, 0.1) is 5.41 Å². The highest BCUT2D eigenvalue weighted by atomic mass is 16.2. The quantitative estimate of drug-likeness (QED) is 0.682. The van der Waals surface area contributed by atoms with Crippen molar-refractivity contribution in [2.45, 2.75) is 19.3 Å². The van der Waals surface area contributed by atoms with Crippen molar-refractivity contribution < 1.29 is 19.2 Å². The molecule has 2 N–H and O–H groups in total. The van der Waals surface area contributed by atoms with E-state index < -0.39 is 23.3 Å². The number of amides is 6. The fourth-order valence-corrected chi connectivity index (χ4v) is 2.34. The lowest BCUT2D eigenvalue weighted by atomic mass is 9.66. The van der Waals surface area contributed by atoms with Crippen LogP contribution in [-0.2, 0) is 9.59 Å². The van der Waals surface area contributed by atoms with Crippen molar-refractivity contribution in [2.75, 3.05) is 27.2 Å². The lowest BCUT2D eigenvalue weighted by Gasteiger charge is -2.44. The number of rotatable bonds is 3. The van der Waals surface area contributed by atoms with Crippen LogP contribution in [0.1, 0.15) is 19.3 Å². The molecule has 1 aliphatic carbocycles. The molecule has 2 rings (SSSR count). The minimum Gasteiger partial charge on any atom is -0.336 e. The second-order valence-electron chi connectivity index (χ2n) is 5.28. The molecule has 8 nitrogen and oxygen atoms in total. The Labute approximate surface area is 116 Å². The van der Waals surface area contributed by atoms with Gasteiger partial charge < -0.3 is 10.2 Å². The minimum atomic E-state index is -1.06. The molecule has 1 saturated heterocycles. The maximum absolute atomic E-state index is 12.3. The highest BCUT2D eigenvalue weighted by molar-refractivity contribution is 6.19. The Morgan fingerprint density at radius 3 is 2.50 bits per heavy atom. The molecule has 1 heterocycles. The zero-order valence-electron chi connectivity index (χ0n) is 11.6. The predicted octanol–water partition coefficient (Wildman–Crippen LogP) is -0.494. The first kappa shape index (κ1) is 14.3. The largest absolute Gasteiger partial charge is 0.336 e. The third-order valence-corrected chi connectivity index (χ3v) is 3.78. The normalized spacial score (nSPS) is 20.5. The van der Waals surface area contributed by atoms with Crippen LogP contribution in [0.4, 0.5) is 9.59 Å². The Hall–Kier alpha value is -2.12. The smallest absolute Gasteiger partial charge is 0.330 e. The van der Waals surface area contributed by atoms with Gasteiger partial charge in [-0.2, -0.15) is 0 Å². The molecule has 1 spiro atoms. The van der Waals surface area contributed by atoms with Gasteiger partial charge in [0.25, 0.3) is 0 Å². The van der Waals surface area contributed by atoms with E-state index in [-0.39, 0.29) is 19.1 Å². The number of hydrogen-bond acceptors (Lipinski definition) is 4. The lowest BCUT2D eigenvalue weighted by Crippen LogP contribution is -2.66. The number of imide groups is 2. The highest BCUT2D eigenvalue weighted by Gasteiger charge is 2.57. The molecule has 1 aliphatic heterocycles. The van der Waals surface area contributed by atoms with Crippen molar-refractivity contribution in [1.29, 1.82) is 0 Å². The van der Waals surface area contributed by atoms with Crippen LogP contribution in [0.5, 0.6) is 0 Å². The van der Waals surface area contributed by atoms with E-state index in [0.29, 0.717) is 12.8 Å². The van der Waals surface area contributed by atoms with Crippen molar-refractivity contribution in [1.82, 2.24) is 20.4 Å². The molecule has 0 aromatic heterocycles. The summed E-state index contributed by atoms with van der Waals surface area (Å²) in [7, 11) is 3.19. The van der Waals surface area contributed by atoms with Crippen molar-refractivity contribution in [3.8, 4) is 0 Å². The molecule has 0 aromatic rings. The molecule has 0 atom stereocenters. The van der Waals surface area contributed by atoms with Crippen LogP contribution >= 0.6 is 0 Å². The molecule has 8 heteroatoms. The van der Waals surface area contributed by atoms with Crippen LogP contribution in [0.3, 0.4) is 0 Å². The number of carbonyl (C=O) groups is 4. The summed E-state index contributed by atoms with van der Waals surface area (Å²) in [5.74, 6) is -0.941. The molecule has 0 radical (unpaired) electrons. The van der Waals surface area contributed by atoms with Crippen LogP contribution in [0.15, 0.2) is 0 Å². The van der Waals surface area contributed by atoms with E-state index in [9.17, 15) is 19.2 Å². The molecular weight excluding hydrogens is 264 g/mol. The van der Waals surface area contributed by atoms with E-state index in [2.05, 4.69) is 10.6 Å². The van der Waals surface area contributed by atoms with Crippen LogP contribution in [0.2, 0.25) is 0 Å². The molecule has 2 aliphatic rings. The van der Waals surface area contributed by atoms with E-state index in [1.807, 2.05) is 0 Å². The first-order chi connectivity index (χ1) is 9.38. The summed E-state index contributed by atoms with van der Waals surface area (Å²) in [6.07, 6.45) is 1.76. The van der Waals surface area contributed by atoms with Gasteiger partial charge in [-0.05, 0) is 12.8 Å². The van der Waals surface area contributed by atoms with E-state index in [4.69, 9.17) is 0 Å². The van der Waals surface area contributed by atoms with Crippen molar-refractivity contribution in [3.63, 3.8) is 0 Å². The van der Waals surface area contributed by atoms with Crippen LogP contribution < -0.4 is 10.6 Å². The van der Waals surface area contributed by atoms with Gasteiger partial charge in [-0.25, -0.2) is 9.59 Å². The molecule has 1 saturated carbocycles. The Balaban J connectivity index is 1.97. The summed E-state index contributed by atoms with van der Waals surface area (Å²) in [4.78, 5) is 49.5. The lowest BCUT2D eigenvalue weighted by molar-refractivity contribution is -0.157. The SMILES string of the molecule is CN(C)C(=O)NCCN1C(=O)NC(=O)C2(CCC2)C1=O. The number of hydrogen-bond donors (Lipinski definition) is 2. The maximum Gasteiger partial charge on any atom is 0.330 e. The van der Waals surface area contributed by atoms with E-state index in [1.165, 1.54) is 4.90 Å². The molecule has 110 valence electrons. The van der Waals surface area contributed by atoms with E-state index >= 15 is 0 Å². The molecule has 20 heavy (non-hydrogen) atoms. The van der Waals surface area contributed by atoms with Gasteiger partial charge >= 0.3 is 12.1 Å². The summed E-state index contributed by atoms with van der Waals surface area (Å²) in [6, 6.07) is -1.01. The third kappa shape index (κ3) is 2.21. The fourth-order valence-electron chi connectivity index (χ4n) is 2.34. The van der Waals surface area contributed by atoms with Crippen LogP contribution in [-0.4, -0.2) is 60.9 Å². The van der Waals surface area contributed by atoms with Gasteiger partial charge in [-0.1, -0.05) is 6.42 Å². The first-order valence-corrected chi connectivity index (χ1v) is 6.51. The van der Waals surface area contributed by atoms with E-state index in [0.717, 1.165) is 11.3 Å². The summed E-state index contributed by atoms with van der Waals surface area (Å²) in [5.41, 5.74) is -1.06. The summed E-state index contributed by atoms with van der Waals surface area (Å²) < 4.78 is 0. The average molecular weight is 282 g/mol. The summed E-state index contributed by atoms with van der Waals surface area (Å²) >= 11 is 0. The second kappa shape index (κ2) is 5.10. The molecule has 0 unspecified atom stereocenters.